The highest BCUT2D eigenvalue weighted by atomic mass is 28.4. The van der Waals surface area contributed by atoms with Crippen LogP contribution in [0.4, 0.5) is 0 Å². The Morgan fingerprint density at radius 1 is 0.711 bits per heavy atom. The molecule has 0 aromatic heterocycles. The molecule has 0 heterocycles. The van der Waals surface area contributed by atoms with Crippen LogP contribution in [0.2, 0.25) is 78.6 Å². The van der Waals surface area contributed by atoms with Gasteiger partial charge in [0.2, 0.25) is 8.32 Å². The van der Waals surface area contributed by atoms with Crippen LogP contribution in [0.15, 0.2) is 18.2 Å². The lowest BCUT2D eigenvalue weighted by Gasteiger charge is -2.53. The molecule has 2 saturated carbocycles. The minimum atomic E-state index is -1.75. The second kappa shape index (κ2) is 10.2. The van der Waals surface area contributed by atoms with E-state index < -0.39 is 33.3 Å². The lowest BCUT2D eigenvalue weighted by atomic mass is 9.55. The molecule has 0 unspecified atom stereocenters. The predicted octanol–water partition coefficient (Wildman–Crippen LogP) is 9.16. The lowest BCUT2D eigenvalue weighted by Crippen LogP contribution is -2.51. The van der Waals surface area contributed by atoms with Gasteiger partial charge in [0.1, 0.15) is 5.75 Å². The van der Waals surface area contributed by atoms with Crippen LogP contribution in [-0.4, -0.2) is 45.5 Å². The standard InChI is InChI=1S/C30H56O4Si4/c1-30-17-16-23-22-15-14-21(31-35(2,3)4)18-25(22)27(32-36(5,6)7)19-24(23)26(30)20-28(33-37(8,9)10)29(30)34-38(11,12)13/h14-15,18,23-24,26-29H,16-17,19-20H2,1-13H3/t23-,24-,26+,27-,28-,29+,30+/m1/s1. The Balaban J connectivity index is 1.73. The average molecular weight is 593 g/mol. The Morgan fingerprint density at radius 3 is 1.87 bits per heavy atom. The van der Waals surface area contributed by atoms with Gasteiger partial charge in [-0.15, -0.1) is 0 Å². The van der Waals surface area contributed by atoms with E-state index in [2.05, 4.69) is 104 Å². The number of hydrogen-bond acceptors (Lipinski definition) is 4. The van der Waals surface area contributed by atoms with Gasteiger partial charge in [-0.25, -0.2) is 0 Å². The van der Waals surface area contributed by atoms with Gasteiger partial charge < -0.3 is 17.7 Å². The van der Waals surface area contributed by atoms with Crippen LogP contribution in [0.1, 0.15) is 55.8 Å². The fourth-order valence-corrected chi connectivity index (χ4v) is 11.8. The van der Waals surface area contributed by atoms with Crippen molar-refractivity contribution >= 4 is 33.3 Å². The van der Waals surface area contributed by atoms with Gasteiger partial charge in [-0.2, -0.15) is 0 Å². The lowest BCUT2D eigenvalue weighted by molar-refractivity contribution is -0.0444. The van der Waals surface area contributed by atoms with E-state index in [-0.39, 0.29) is 23.7 Å². The van der Waals surface area contributed by atoms with Gasteiger partial charge in [-0.05, 0) is 151 Å². The smallest absolute Gasteiger partial charge is 0.242 e. The minimum Gasteiger partial charge on any atom is -0.544 e. The van der Waals surface area contributed by atoms with E-state index in [0.29, 0.717) is 17.8 Å². The molecule has 0 bridgehead atoms. The highest BCUT2D eigenvalue weighted by Crippen LogP contribution is 2.64. The Bertz CT molecular complexity index is 1000. The molecule has 8 heteroatoms. The summed E-state index contributed by atoms with van der Waals surface area (Å²) >= 11 is 0. The van der Waals surface area contributed by atoms with Crippen molar-refractivity contribution < 1.29 is 17.7 Å². The fraction of sp³-hybridized carbons (Fsp3) is 0.800. The monoisotopic (exact) mass is 592 g/mol. The Labute approximate surface area is 238 Å². The first kappa shape index (κ1) is 30.7. The molecule has 1 aromatic rings. The molecule has 4 nitrogen and oxygen atoms in total. The van der Waals surface area contributed by atoms with Gasteiger partial charge in [0.05, 0.1) is 18.3 Å². The van der Waals surface area contributed by atoms with Crippen LogP contribution in [0.5, 0.6) is 5.75 Å². The molecule has 38 heavy (non-hydrogen) atoms. The van der Waals surface area contributed by atoms with Crippen molar-refractivity contribution in [3.63, 3.8) is 0 Å². The maximum Gasteiger partial charge on any atom is 0.242 e. The number of rotatable bonds is 8. The van der Waals surface area contributed by atoms with E-state index in [1.54, 1.807) is 0 Å². The molecule has 2 fully saturated rings. The summed E-state index contributed by atoms with van der Waals surface area (Å²) in [7, 11) is -6.86. The van der Waals surface area contributed by atoms with Gasteiger partial charge in [-0.3, -0.25) is 0 Å². The summed E-state index contributed by atoms with van der Waals surface area (Å²) in [5.74, 6) is 2.82. The van der Waals surface area contributed by atoms with Gasteiger partial charge >= 0.3 is 0 Å². The normalized spacial score (nSPS) is 33.9. The molecule has 3 aliphatic carbocycles. The molecule has 216 valence electrons. The second-order valence-electron chi connectivity index (χ2n) is 16.5. The van der Waals surface area contributed by atoms with Crippen LogP contribution in [0.25, 0.3) is 0 Å². The Hall–Kier alpha value is -0.232. The zero-order valence-electron chi connectivity index (χ0n) is 26.7. The third kappa shape index (κ3) is 6.97. The molecule has 4 rings (SSSR count). The maximum atomic E-state index is 7.05. The average Bonchev–Trinajstić information content (AvgIpc) is 2.95. The summed E-state index contributed by atoms with van der Waals surface area (Å²) in [5, 5.41) is 0. The maximum absolute atomic E-state index is 7.05. The van der Waals surface area contributed by atoms with Crippen LogP contribution >= 0.6 is 0 Å². The van der Waals surface area contributed by atoms with E-state index in [0.717, 1.165) is 18.6 Å². The zero-order chi connectivity index (χ0) is 28.5. The van der Waals surface area contributed by atoms with E-state index >= 15 is 0 Å². The Kier molecular flexibility index (Phi) is 8.28. The van der Waals surface area contributed by atoms with E-state index in [9.17, 15) is 0 Å². The second-order valence-corrected chi connectivity index (χ2v) is 34.3. The van der Waals surface area contributed by atoms with Crippen LogP contribution in [0.3, 0.4) is 0 Å². The van der Waals surface area contributed by atoms with Gasteiger partial charge in [0.25, 0.3) is 0 Å². The van der Waals surface area contributed by atoms with E-state index in [1.807, 2.05) is 0 Å². The molecule has 3 aliphatic rings. The van der Waals surface area contributed by atoms with Crippen molar-refractivity contribution in [3.05, 3.63) is 29.3 Å². The molecule has 0 amide bonds. The van der Waals surface area contributed by atoms with Crippen molar-refractivity contribution in [1.82, 2.24) is 0 Å². The van der Waals surface area contributed by atoms with Crippen molar-refractivity contribution in [2.75, 3.05) is 0 Å². The van der Waals surface area contributed by atoms with Crippen molar-refractivity contribution in [2.24, 2.45) is 17.3 Å². The largest absolute Gasteiger partial charge is 0.544 e. The summed E-state index contributed by atoms with van der Waals surface area (Å²) in [5.41, 5.74) is 3.08. The summed E-state index contributed by atoms with van der Waals surface area (Å²) in [6.45, 7) is 30.4. The van der Waals surface area contributed by atoms with Crippen LogP contribution < -0.4 is 4.43 Å². The first-order chi connectivity index (χ1) is 17.2. The molecule has 1 aromatic carbocycles. The summed E-state index contributed by atoms with van der Waals surface area (Å²) in [6, 6.07) is 6.97. The number of fused-ring (bicyclic) bond motifs is 5. The summed E-state index contributed by atoms with van der Waals surface area (Å²) in [4.78, 5) is 0. The fourth-order valence-electron chi connectivity index (χ4n) is 7.60. The molecule has 0 radical (unpaired) electrons. The van der Waals surface area contributed by atoms with Crippen molar-refractivity contribution in [2.45, 2.75) is 135 Å². The molecule has 0 saturated heterocycles. The quantitative estimate of drug-likeness (QED) is 0.282. The molecule has 0 N–H and O–H groups in total. The zero-order valence-corrected chi connectivity index (χ0v) is 30.7. The molecular formula is C30H56O4Si4. The number of benzene rings is 1. The van der Waals surface area contributed by atoms with E-state index in [4.69, 9.17) is 17.7 Å². The van der Waals surface area contributed by atoms with Crippen molar-refractivity contribution in [3.8, 4) is 5.75 Å². The van der Waals surface area contributed by atoms with E-state index in [1.165, 1.54) is 24.0 Å². The van der Waals surface area contributed by atoms with Gasteiger partial charge in [0, 0.05) is 0 Å². The number of hydrogen-bond donors (Lipinski definition) is 0. The van der Waals surface area contributed by atoms with Crippen LogP contribution in [-0.2, 0) is 13.3 Å². The highest BCUT2D eigenvalue weighted by Gasteiger charge is 2.61. The SMILES string of the molecule is C[C@]12CC[C@@H]3c4ccc(O[Si](C)(C)C)cc4[C@H](O[Si](C)(C)C)C[C@H]3[C@@H]1C[C@@H](O[Si](C)(C)C)[C@@H]2O[Si](C)(C)C. The summed E-state index contributed by atoms with van der Waals surface area (Å²) < 4.78 is 27.4. The first-order valence-electron chi connectivity index (χ1n) is 15.0. The van der Waals surface area contributed by atoms with Crippen LogP contribution in [0, 0.1) is 17.3 Å². The predicted molar refractivity (Wildman–Crippen MR) is 170 cm³/mol. The van der Waals surface area contributed by atoms with Gasteiger partial charge in [-0.1, -0.05) is 13.0 Å². The third-order valence-corrected chi connectivity index (χ3v) is 12.4. The van der Waals surface area contributed by atoms with Crippen molar-refractivity contribution in [1.29, 1.82) is 0 Å². The molecule has 7 atom stereocenters. The third-order valence-electron chi connectivity index (χ3n) is 8.54. The Morgan fingerprint density at radius 2 is 1.32 bits per heavy atom. The summed E-state index contributed by atoms with van der Waals surface area (Å²) in [6.07, 6.45) is 5.25. The molecular weight excluding hydrogens is 537 g/mol. The molecule has 0 aliphatic heterocycles. The highest BCUT2D eigenvalue weighted by molar-refractivity contribution is 6.71. The first-order valence-corrected chi connectivity index (χ1v) is 28.6. The minimum absolute atomic E-state index is 0.152. The topological polar surface area (TPSA) is 36.9 Å². The van der Waals surface area contributed by atoms with Gasteiger partial charge in [0.15, 0.2) is 25.0 Å². The molecule has 0 spiro atoms.